The van der Waals surface area contributed by atoms with E-state index < -0.39 is 4.92 Å². The number of nitro benzene ring substituents is 1. The molecule has 1 aromatic carbocycles. The number of methoxy groups -OCH3 is 1. The van der Waals surface area contributed by atoms with Gasteiger partial charge in [0.25, 0.3) is 0 Å². The highest BCUT2D eigenvalue weighted by atomic mass is 16.6. The summed E-state index contributed by atoms with van der Waals surface area (Å²) in [5.74, 6) is 0.517. The van der Waals surface area contributed by atoms with Gasteiger partial charge in [-0.15, -0.1) is 0 Å². The van der Waals surface area contributed by atoms with Gasteiger partial charge >= 0.3 is 5.69 Å². The minimum atomic E-state index is -0.554. The molecule has 1 aromatic heterocycles. The first kappa shape index (κ1) is 14.3. The summed E-state index contributed by atoms with van der Waals surface area (Å²) in [6, 6.07) is 7.10. The number of ether oxygens (including phenoxy) is 2. The second-order valence-corrected chi connectivity index (χ2v) is 3.98. The molecule has 8 heteroatoms. The second-order valence-electron chi connectivity index (χ2n) is 3.98. The van der Waals surface area contributed by atoms with E-state index in [-0.39, 0.29) is 28.7 Å². The van der Waals surface area contributed by atoms with Crippen molar-refractivity contribution in [2.45, 2.75) is 0 Å². The molecule has 108 valence electrons. The van der Waals surface area contributed by atoms with Crippen LogP contribution in [0.1, 0.15) is 5.69 Å². The fourth-order valence-electron chi connectivity index (χ4n) is 1.60. The number of hydrogen-bond donors (Lipinski definition) is 2. The van der Waals surface area contributed by atoms with Crippen molar-refractivity contribution in [3.05, 3.63) is 52.3 Å². The lowest BCUT2D eigenvalue weighted by Crippen LogP contribution is -2.12. The highest BCUT2D eigenvalue weighted by Crippen LogP contribution is 2.34. The molecular weight excluding hydrogens is 276 g/mol. The standard InChI is InChI=1S/C13H12N4O4/c1-20-8-2-3-11(17(18)19)12(7-8)21-9-4-5-16-10(6-9)13(14)15/h2-7H,1H3,(H3,14,15). The Balaban J connectivity index is 2.40. The van der Waals surface area contributed by atoms with Crippen LogP contribution >= 0.6 is 0 Å². The maximum absolute atomic E-state index is 11.0. The third kappa shape index (κ3) is 3.24. The van der Waals surface area contributed by atoms with Crippen molar-refractivity contribution in [1.82, 2.24) is 4.98 Å². The summed E-state index contributed by atoms with van der Waals surface area (Å²) in [6.07, 6.45) is 1.40. The molecule has 2 aromatic rings. The zero-order chi connectivity index (χ0) is 15.4. The van der Waals surface area contributed by atoms with Crippen molar-refractivity contribution in [2.24, 2.45) is 5.73 Å². The number of pyridine rings is 1. The summed E-state index contributed by atoms with van der Waals surface area (Å²) in [5.41, 5.74) is 5.36. The Bertz CT molecular complexity index is 702. The van der Waals surface area contributed by atoms with Crippen LogP contribution in [-0.2, 0) is 0 Å². The smallest absolute Gasteiger partial charge is 0.311 e. The van der Waals surface area contributed by atoms with E-state index in [4.69, 9.17) is 20.6 Å². The van der Waals surface area contributed by atoms with Gasteiger partial charge in [0.2, 0.25) is 5.75 Å². The predicted molar refractivity (Wildman–Crippen MR) is 75.0 cm³/mol. The SMILES string of the molecule is COc1ccc([N+](=O)[O-])c(Oc2ccnc(C(=N)N)c2)c1. The fourth-order valence-corrected chi connectivity index (χ4v) is 1.60. The first-order chi connectivity index (χ1) is 10.0. The molecule has 0 saturated carbocycles. The molecule has 0 spiro atoms. The fraction of sp³-hybridized carbons (Fsp3) is 0.0769. The van der Waals surface area contributed by atoms with Crippen LogP contribution in [0.4, 0.5) is 5.69 Å². The third-order valence-corrected chi connectivity index (χ3v) is 2.60. The minimum absolute atomic E-state index is 0.0278. The van der Waals surface area contributed by atoms with Gasteiger partial charge in [0.05, 0.1) is 12.0 Å². The van der Waals surface area contributed by atoms with E-state index in [1.54, 1.807) is 0 Å². The van der Waals surface area contributed by atoms with E-state index in [1.807, 2.05) is 0 Å². The molecule has 21 heavy (non-hydrogen) atoms. The Morgan fingerprint density at radius 3 is 2.71 bits per heavy atom. The summed E-state index contributed by atoms with van der Waals surface area (Å²) in [4.78, 5) is 14.3. The molecule has 1 heterocycles. The molecule has 0 fully saturated rings. The van der Waals surface area contributed by atoms with Crippen molar-refractivity contribution in [1.29, 1.82) is 5.41 Å². The maximum atomic E-state index is 11.0. The molecule has 2 rings (SSSR count). The van der Waals surface area contributed by atoms with Crippen molar-refractivity contribution in [2.75, 3.05) is 7.11 Å². The van der Waals surface area contributed by atoms with E-state index in [0.717, 1.165) is 0 Å². The summed E-state index contributed by atoms with van der Waals surface area (Å²) in [5, 5.41) is 18.3. The van der Waals surface area contributed by atoms with Crippen LogP contribution in [0.5, 0.6) is 17.2 Å². The average Bonchev–Trinajstić information content (AvgIpc) is 2.47. The van der Waals surface area contributed by atoms with Crippen molar-refractivity contribution >= 4 is 11.5 Å². The van der Waals surface area contributed by atoms with Gasteiger partial charge in [0.1, 0.15) is 23.0 Å². The average molecular weight is 288 g/mol. The van der Waals surface area contributed by atoms with Gasteiger partial charge in [-0.05, 0) is 12.1 Å². The van der Waals surface area contributed by atoms with Gasteiger partial charge < -0.3 is 15.2 Å². The van der Waals surface area contributed by atoms with Gasteiger partial charge in [-0.3, -0.25) is 20.5 Å². The van der Waals surface area contributed by atoms with Crippen LogP contribution < -0.4 is 15.2 Å². The molecule has 0 aliphatic carbocycles. The topological polar surface area (TPSA) is 124 Å². The number of amidine groups is 1. The number of rotatable bonds is 5. The van der Waals surface area contributed by atoms with E-state index in [1.165, 1.54) is 43.6 Å². The molecule has 8 nitrogen and oxygen atoms in total. The lowest BCUT2D eigenvalue weighted by molar-refractivity contribution is -0.385. The van der Waals surface area contributed by atoms with Gasteiger partial charge in [-0.1, -0.05) is 0 Å². The number of benzene rings is 1. The highest BCUT2D eigenvalue weighted by Gasteiger charge is 2.17. The van der Waals surface area contributed by atoms with Crippen LogP contribution in [0.25, 0.3) is 0 Å². The van der Waals surface area contributed by atoms with Gasteiger partial charge in [-0.25, -0.2) is 0 Å². The van der Waals surface area contributed by atoms with E-state index in [0.29, 0.717) is 5.75 Å². The molecule has 0 atom stereocenters. The summed E-state index contributed by atoms with van der Waals surface area (Å²) < 4.78 is 10.5. The number of nitrogens with one attached hydrogen (secondary N) is 1. The minimum Gasteiger partial charge on any atom is -0.497 e. The zero-order valence-corrected chi connectivity index (χ0v) is 11.1. The Labute approximate surface area is 119 Å². The van der Waals surface area contributed by atoms with Crippen LogP contribution in [-0.4, -0.2) is 22.9 Å². The molecule has 3 N–H and O–H groups in total. The number of nitrogens with zero attached hydrogens (tertiary/aromatic N) is 2. The van der Waals surface area contributed by atoms with Gasteiger partial charge in [-0.2, -0.15) is 0 Å². The molecule has 0 aliphatic rings. The van der Waals surface area contributed by atoms with Crippen LogP contribution in [0.2, 0.25) is 0 Å². The van der Waals surface area contributed by atoms with Gasteiger partial charge in [0, 0.05) is 24.4 Å². The van der Waals surface area contributed by atoms with E-state index in [2.05, 4.69) is 4.98 Å². The number of hydrogen-bond acceptors (Lipinski definition) is 6. The molecule has 0 aliphatic heterocycles. The molecular formula is C13H12N4O4. The second kappa shape index (κ2) is 5.87. The largest absolute Gasteiger partial charge is 0.497 e. The summed E-state index contributed by atoms with van der Waals surface area (Å²) >= 11 is 0. The van der Waals surface area contributed by atoms with Crippen LogP contribution in [0.15, 0.2) is 36.5 Å². The van der Waals surface area contributed by atoms with Crippen molar-refractivity contribution in [3.63, 3.8) is 0 Å². The van der Waals surface area contributed by atoms with Crippen molar-refractivity contribution < 1.29 is 14.4 Å². The Kier molecular flexibility index (Phi) is 3.98. The molecule has 0 radical (unpaired) electrons. The van der Waals surface area contributed by atoms with E-state index >= 15 is 0 Å². The highest BCUT2D eigenvalue weighted by molar-refractivity contribution is 5.93. The first-order valence-electron chi connectivity index (χ1n) is 5.82. The quantitative estimate of drug-likeness (QED) is 0.375. The first-order valence-corrected chi connectivity index (χ1v) is 5.82. The normalized spacial score (nSPS) is 9.95. The molecule has 0 unspecified atom stereocenters. The van der Waals surface area contributed by atoms with Gasteiger partial charge in [0.15, 0.2) is 0 Å². The van der Waals surface area contributed by atoms with E-state index in [9.17, 15) is 10.1 Å². The number of nitrogen functional groups attached to an aromatic ring is 1. The molecule has 0 amide bonds. The Morgan fingerprint density at radius 2 is 2.10 bits per heavy atom. The molecule has 0 saturated heterocycles. The Morgan fingerprint density at radius 1 is 1.33 bits per heavy atom. The lowest BCUT2D eigenvalue weighted by Gasteiger charge is -2.08. The summed E-state index contributed by atoms with van der Waals surface area (Å²) in [7, 11) is 1.45. The van der Waals surface area contributed by atoms with Crippen LogP contribution in [0, 0.1) is 15.5 Å². The maximum Gasteiger partial charge on any atom is 0.311 e. The number of aromatic nitrogens is 1. The monoisotopic (exact) mass is 288 g/mol. The zero-order valence-electron chi connectivity index (χ0n) is 11.1. The third-order valence-electron chi connectivity index (χ3n) is 2.60. The molecule has 0 bridgehead atoms. The van der Waals surface area contributed by atoms with Crippen molar-refractivity contribution in [3.8, 4) is 17.2 Å². The Hall–Kier alpha value is -3.16. The number of nitro groups is 1. The summed E-state index contributed by atoms with van der Waals surface area (Å²) in [6.45, 7) is 0. The number of nitrogens with two attached hydrogens (primary N) is 1. The van der Waals surface area contributed by atoms with Crippen LogP contribution in [0.3, 0.4) is 0 Å². The predicted octanol–water partition coefficient (Wildman–Crippen LogP) is 2.07. The lowest BCUT2D eigenvalue weighted by atomic mass is 10.2.